The van der Waals surface area contributed by atoms with Crippen molar-refractivity contribution in [1.29, 1.82) is 0 Å². The largest absolute Gasteiger partial charge is 0.391 e. The third kappa shape index (κ3) is 3.18. The highest BCUT2D eigenvalue weighted by Gasteiger charge is 2.65. The molecule has 0 saturated heterocycles. The molecule has 162 valence electrons. The van der Waals surface area contributed by atoms with Gasteiger partial charge in [0.05, 0.1) is 13.2 Å². The maximum atomic E-state index is 11.9. The standard InChI is InChI=1S/C24H43NO3/c1-22-10-4-3-5-18(22)6-7-19-20(22)8-11-23(2)21(19)9-12-24(23,28)17-25(13-15-26)14-16-27/h18-21,26-28H,3-17H2,1-2H3/p+1/t18-,19+,20-,21+,22-,23+,24-/m0/s1. The summed E-state index contributed by atoms with van der Waals surface area (Å²) < 4.78 is 0. The van der Waals surface area contributed by atoms with Crippen LogP contribution >= 0.6 is 0 Å². The van der Waals surface area contributed by atoms with Crippen LogP contribution in [0, 0.1) is 34.5 Å². The van der Waals surface area contributed by atoms with E-state index < -0.39 is 5.60 Å². The molecule has 0 radical (unpaired) electrons. The van der Waals surface area contributed by atoms with Crippen LogP contribution < -0.4 is 4.90 Å². The van der Waals surface area contributed by atoms with Gasteiger partial charge in [-0.05, 0) is 80.5 Å². The van der Waals surface area contributed by atoms with Gasteiger partial charge in [-0.15, -0.1) is 0 Å². The third-order valence-electron chi connectivity index (χ3n) is 10.4. The molecule has 4 fully saturated rings. The van der Waals surface area contributed by atoms with Gasteiger partial charge in [0.2, 0.25) is 0 Å². The second-order valence-electron chi connectivity index (χ2n) is 11.3. The SMILES string of the molecule is C[C@]12CCCC[C@H]1CC[C@H]1[C@H]3CC[C@](O)(C[NH+](CCO)CCO)[C@]3(C)CC[C@@H]12. The predicted molar refractivity (Wildman–Crippen MR) is 111 cm³/mol. The third-order valence-corrected chi connectivity index (χ3v) is 10.4. The summed E-state index contributed by atoms with van der Waals surface area (Å²) in [4.78, 5) is 1.15. The number of fused-ring (bicyclic) bond motifs is 5. The van der Waals surface area contributed by atoms with Gasteiger partial charge in [0.25, 0.3) is 0 Å². The Labute approximate surface area is 171 Å². The zero-order valence-electron chi connectivity index (χ0n) is 18.3. The summed E-state index contributed by atoms with van der Waals surface area (Å²) in [6.45, 7) is 7.16. The van der Waals surface area contributed by atoms with E-state index in [4.69, 9.17) is 0 Å². The van der Waals surface area contributed by atoms with Gasteiger partial charge in [-0.2, -0.15) is 0 Å². The molecule has 4 heteroatoms. The summed E-state index contributed by atoms with van der Waals surface area (Å²) in [6.07, 6.45) is 13.0. The van der Waals surface area contributed by atoms with Gasteiger partial charge in [0.15, 0.2) is 0 Å². The number of aliphatic hydroxyl groups excluding tert-OH is 2. The average molecular weight is 395 g/mol. The highest BCUT2D eigenvalue weighted by atomic mass is 16.3. The van der Waals surface area contributed by atoms with E-state index in [0.717, 1.165) is 35.5 Å². The molecule has 0 aromatic heterocycles. The van der Waals surface area contributed by atoms with Gasteiger partial charge < -0.3 is 20.2 Å². The molecule has 0 unspecified atom stereocenters. The van der Waals surface area contributed by atoms with E-state index in [0.29, 0.717) is 31.0 Å². The maximum absolute atomic E-state index is 11.9. The van der Waals surface area contributed by atoms with Crippen molar-refractivity contribution in [3.05, 3.63) is 0 Å². The van der Waals surface area contributed by atoms with Crippen LogP contribution in [0.25, 0.3) is 0 Å². The summed E-state index contributed by atoms with van der Waals surface area (Å²) >= 11 is 0. The van der Waals surface area contributed by atoms with Crippen molar-refractivity contribution in [2.24, 2.45) is 34.5 Å². The molecule has 7 atom stereocenters. The molecule has 0 bridgehead atoms. The summed E-state index contributed by atoms with van der Waals surface area (Å²) in [5.41, 5.74) is -0.0942. The highest BCUT2D eigenvalue weighted by molar-refractivity contribution is 5.13. The number of hydrogen-bond acceptors (Lipinski definition) is 3. The van der Waals surface area contributed by atoms with Crippen LogP contribution in [0.3, 0.4) is 0 Å². The normalized spacial score (nSPS) is 48.2. The molecule has 4 rings (SSSR count). The predicted octanol–water partition coefficient (Wildman–Crippen LogP) is 2.02. The summed E-state index contributed by atoms with van der Waals surface area (Å²) in [5.74, 6) is 3.26. The van der Waals surface area contributed by atoms with Crippen LogP contribution in [0.5, 0.6) is 0 Å². The quantitative estimate of drug-likeness (QED) is 0.557. The van der Waals surface area contributed by atoms with Gasteiger partial charge in [0, 0.05) is 5.41 Å². The Bertz CT molecular complexity index is 550. The van der Waals surface area contributed by atoms with E-state index in [1.165, 1.54) is 51.4 Å². The highest BCUT2D eigenvalue weighted by Crippen LogP contribution is 2.68. The maximum Gasteiger partial charge on any atom is 0.119 e. The van der Waals surface area contributed by atoms with Crippen molar-refractivity contribution < 1.29 is 20.2 Å². The van der Waals surface area contributed by atoms with Crippen molar-refractivity contribution in [1.82, 2.24) is 0 Å². The van der Waals surface area contributed by atoms with Gasteiger partial charge in [-0.1, -0.05) is 26.7 Å². The lowest BCUT2D eigenvalue weighted by molar-refractivity contribution is -0.908. The first-order valence-electron chi connectivity index (χ1n) is 12.2. The first kappa shape index (κ1) is 21.1. The van der Waals surface area contributed by atoms with Gasteiger partial charge >= 0.3 is 0 Å². The molecule has 0 aromatic rings. The summed E-state index contributed by atoms with van der Waals surface area (Å²) in [5, 5.41) is 30.7. The van der Waals surface area contributed by atoms with Crippen LogP contribution in [0.1, 0.15) is 78.1 Å². The minimum absolute atomic E-state index is 0.00217. The Kier molecular flexibility index (Phi) is 5.90. The van der Waals surface area contributed by atoms with E-state index in [1.807, 2.05) is 0 Å². The number of hydrogen-bond donors (Lipinski definition) is 4. The molecule has 4 saturated carbocycles. The monoisotopic (exact) mass is 394 g/mol. The second kappa shape index (κ2) is 7.83. The van der Waals surface area contributed by atoms with E-state index in [9.17, 15) is 15.3 Å². The van der Waals surface area contributed by atoms with Crippen molar-refractivity contribution in [3.63, 3.8) is 0 Å². The number of rotatable bonds is 6. The summed E-state index contributed by atoms with van der Waals surface area (Å²) in [7, 11) is 0. The minimum atomic E-state index is -0.646. The molecule has 28 heavy (non-hydrogen) atoms. The zero-order chi connectivity index (χ0) is 20.0. The number of nitrogens with one attached hydrogen (secondary N) is 1. The van der Waals surface area contributed by atoms with Gasteiger partial charge in [-0.3, -0.25) is 0 Å². The lowest BCUT2D eigenvalue weighted by Crippen LogP contribution is -3.15. The second-order valence-corrected chi connectivity index (χ2v) is 11.3. The Morgan fingerprint density at radius 1 is 0.821 bits per heavy atom. The Morgan fingerprint density at radius 3 is 2.25 bits per heavy atom. The van der Waals surface area contributed by atoms with E-state index in [-0.39, 0.29) is 18.6 Å². The van der Waals surface area contributed by atoms with Crippen LogP contribution in [-0.2, 0) is 0 Å². The van der Waals surface area contributed by atoms with Gasteiger partial charge in [-0.25, -0.2) is 0 Å². The Hall–Kier alpha value is -0.160. The van der Waals surface area contributed by atoms with E-state index in [2.05, 4.69) is 13.8 Å². The van der Waals surface area contributed by atoms with Crippen molar-refractivity contribution in [3.8, 4) is 0 Å². The minimum Gasteiger partial charge on any atom is -0.391 e. The molecule has 0 aromatic carbocycles. The van der Waals surface area contributed by atoms with Gasteiger partial charge in [0.1, 0.15) is 25.2 Å². The molecule has 0 spiro atoms. The van der Waals surface area contributed by atoms with Crippen LogP contribution in [0.15, 0.2) is 0 Å². The lowest BCUT2D eigenvalue weighted by atomic mass is 9.44. The molecule has 4 aliphatic carbocycles. The lowest BCUT2D eigenvalue weighted by Gasteiger charge is -2.61. The Morgan fingerprint density at radius 2 is 1.54 bits per heavy atom. The fourth-order valence-electron chi connectivity index (χ4n) is 8.73. The molecule has 4 aliphatic rings. The molecular formula is C24H44NO3+. The molecule has 0 amide bonds. The smallest absolute Gasteiger partial charge is 0.119 e. The zero-order valence-corrected chi connectivity index (χ0v) is 18.3. The van der Waals surface area contributed by atoms with Crippen molar-refractivity contribution >= 4 is 0 Å². The molecule has 0 aliphatic heterocycles. The first-order chi connectivity index (χ1) is 13.4. The van der Waals surface area contributed by atoms with Crippen molar-refractivity contribution in [2.45, 2.75) is 83.7 Å². The van der Waals surface area contributed by atoms with E-state index in [1.54, 1.807) is 0 Å². The summed E-state index contributed by atoms with van der Waals surface area (Å²) in [6, 6.07) is 0. The molecule has 4 N–H and O–H groups in total. The van der Waals surface area contributed by atoms with Crippen molar-refractivity contribution in [2.75, 3.05) is 32.8 Å². The first-order valence-corrected chi connectivity index (χ1v) is 12.2. The molecular weight excluding hydrogens is 350 g/mol. The van der Waals surface area contributed by atoms with Crippen LogP contribution in [-0.4, -0.2) is 53.8 Å². The van der Waals surface area contributed by atoms with Crippen LogP contribution in [0.4, 0.5) is 0 Å². The fraction of sp³-hybridized carbons (Fsp3) is 1.00. The van der Waals surface area contributed by atoms with Crippen LogP contribution in [0.2, 0.25) is 0 Å². The molecule has 4 nitrogen and oxygen atoms in total. The fourth-order valence-corrected chi connectivity index (χ4v) is 8.73. The molecule has 0 heterocycles. The Balaban J connectivity index is 1.54. The number of aliphatic hydroxyl groups is 3. The number of quaternary nitrogens is 1. The average Bonchev–Trinajstić information content (AvgIpc) is 2.93. The van der Waals surface area contributed by atoms with E-state index >= 15 is 0 Å². The topological polar surface area (TPSA) is 65.1 Å².